The van der Waals surface area contributed by atoms with Gasteiger partial charge < -0.3 is 0 Å². The fourth-order valence-electron chi connectivity index (χ4n) is 4.32. The molecule has 1 aliphatic heterocycles. The number of rotatable bonds is 4. The molecule has 164 valence electrons. The summed E-state index contributed by atoms with van der Waals surface area (Å²) in [6.07, 6.45) is 2.07. The van der Waals surface area contributed by atoms with Crippen LogP contribution < -0.4 is 4.90 Å². The summed E-state index contributed by atoms with van der Waals surface area (Å²) in [6.45, 7) is 2.04. The van der Waals surface area contributed by atoms with E-state index in [2.05, 4.69) is 34.3 Å². The molecule has 8 heteroatoms. The van der Waals surface area contributed by atoms with Crippen molar-refractivity contribution in [1.29, 1.82) is 0 Å². The second kappa shape index (κ2) is 8.31. The molecule has 0 spiro atoms. The zero-order chi connectivity index (χ0) is 22.9. The summed E-state index contributed by atoms with van der Waals surface area (Å²) in [5.41, 5.74) is 3.54. The zero-order valence-corrected chi connectivity index (χ0v) is 17.9. The second-order valence-electron chi connectivity index (χ2n) is 8.07. The highest BCUT2D eigenvalue weighted by Gasteiger charge is 2.39. The molecule has 2 atom stereocenters. The first-order valence-electron chi connectivity index (χ1n) is 10.6. The molecule has 0 radical (unpaired) electrons. The normalized spacial score (nSPS) is 17.4. The van der Waals surface area contributed by atoms with Crippen LogP contribution in [0.1, 0.15) is 45.6 Å². The van der Waals surface area contributed by atoms with E-state index < -0.39 is 4.92 Å². The van der Waals surface area contributed by atoms with Gasteiger partial charge in [-0.2, -0.15) is 10.1 Å². The summed E-state index contributed by atoms with van der Waals surface area (Å²) in [5.74, 6) is 0.166. The number of hydrogen-bond acceptors (Lipinski definition) is 5. The van der Waals surface area contributed by atoms with Crippen LogP contribution in [0.2, 0.25) is 0 Å². The number of non-ortho nitro benzene ring substituents is 1. The van der Waals surface area contributed by atoms with Gasteiger partial charge in [-0.3, -0.25) is 19.8 Å². The largest absolute Gasteiger partial charge is 0.269 e. The maximum Gasteiger partial charge on any atom is 0.269 e. The number of anilines is 1. The summed E-state index contributed by atoms with van der Waals surface area (Å²) in [6, 6.07) is 23.4. The Balaban J connectivity index is 1.61. The van der Waals surface area contributed by atoms with Crippen LogP contribution in [0.3, 0.4) is 0 Å². The van der Waals surface area contributed by atoms with Gasteiger partial charge in [0.25, 0.3) is 11.6 Å². The number of benzene rings is 3. The average Bonchev–Trinajstić information content (AvgIpc) is 3.34. The van der Waals surface area contributed by atoms with Gasteiger partial charge >= 0.3 is 0 Å². The van der Waals surface area contributed by atoms with Gasteiger partial charge in [0, 0.05) is 17.7 Å². The number of carbonyl (C=O) groups excluding carboxylic acids is 1. The predicted molar refractivity (Wildman–Crippen MR) is 123 cm³/mol. The molecule has 2 heterocycles. The first-order chi connectivity index (χ1) is 16.0. The van der Waals surface area contributed by atoms with Crippen molar-refractivity contribution in [3.05, 3.63) is 118 Å². The van der Waals surface area contributed by atoms with E-state index in [-0.39, 0.29) is 23.7 Å². The van der Waals surface area contributed by atoms with Crippen molar-refractivity contribution in [2.24, 2.45) is 0 Å². The monoisotopic (exact) mass is 439 g/mol. The Morgan fingerprint density at radius 2 is 1.61 bits per heavy atom. The molecule has 0 aliphatic carbocycles. The third-order valence-corrected chi connectivity index (χ3v) is 6.01. The van der Waals surface area contributed by atoms with Gasteiger partial charge in [-0.1, -0.05) is 60.2 Å². The lowest BCUT2D eigenvalue weighted by Gasteiger charge is -2.39. The van der Waals surface area contributed by atoms with Gasteiger partial charge in [0.05, 0.1) is 17.0 Å². The lowest BCUT2D eigenvalue weighted by Crippen LogP contribution is -2.42. The Labute approximate surface area is 190 Å². The van der Waals surface area contributed by atoms with Gasteiger partial charge in [-0.25, -0.2) is 4.68 Å². The minimum atomic E-state index is -0.481. The van der Waals surface area contributed by atoms with Crippen molar-refractivity contribution >= 4 is 17.5 Å². The Kier molecular flexibility index (Phi) is 5.18. The Morgan fingerprint density at radius 3 is 2.27 bits per heavy atom. The number of amides is 1. The van der Waals surface area contributed by atoms with Crippen LogP contribution >= 0.6 is 0 Å². The van der Waals surface area contributed by atoms with Crippen molar-refractivity contribution in [1.82, 2.24) is 14.8 Å². The lowest BCUT2D eigenvalue weighted by atomic mass is 9.91. The molecule has 0 saturated carbocycles. The molecule has 33 heavy (non-hydrogen) atoms. The van der Waals surface area contributed by atoms with Gasteiger partial charge in [-0.15, -0.1) is 0 Å². The Morgan fingerprint density at radius 1 is 0.939 bits per heavy atom. The summed E-state index contributed by atoms with van der Waals surface area (Å²) < 4.78 is 1.79. The van der Waals surface area contributed by atoms with Crippen molar-refractivity contribution in [2.45, 2.75) is 25.4 Å². The lowest BCUT2D eigenvalue weighted by molar-refractivity contribution is -0.384. The molecule has 0 unspecified atom stereocenters. The average molecular weight is 439 g/mol. The van der Waals surface area contributed by atoms with Crippen LogP contribution in [0.4, 0.5) is 11.6 Å². The van der Waals surface area contributed by atoms with Gasteiger partial charge in [0.2, 0.25) is 5.95 Å². The van der Waals surface area contributed by atoms with Gasteiger partial charge in [-0.05, 0) is 36.6 Å². The van der Waals surface area contributed by atoms with E-state index >= 15 is 0 Å². The van der Waals surface area contributed by atoms with E-state index in [0.717, 1.165) is 11.1 Å². The van der Waals surface area contributed by atoms with Crippen molar-refractivity contribution in [2.75, 3.05) is 4.90 Å². The van der Waals surface area contributed by atoms with E-state index in [4.69, 9.17) is 0 Å². The van der Waals surface area contributed by atoms with E-state index in [1.165, 1.54) is 36.2 Å². The zero-order valence-electron chi connectivity index (χ0n) is 17.9. The summed E-state index contributed by atoms with van der Waals surface area (Å²) >= 11 is 0. The SMILES string of the molecule is Cc1ccc([C@H]2C[C@H](c3ccccc3)N(C(=O)c3ccc([N+](=O)[O-])cc3)c3ncnn32)cc1. The molecule has 0 saturated heterocycles. The highest BCUT2D eigenvalue weighted by atomic mass is 16.6. The summed E-state index contributed by atoms with van der Waals surface area (Å²) in [5, 5.41) is 15.5. The van der Waals surface area contributed by atoms with Gasteiger partial charge in [0.1, 0.15) is 6.33 Å². The quantitative estimate of drug-likeness (QED) is 0.334. The predicted octanol–water partition coefficient (Wildman–Crippen LogP) is 4.88. The molecule has 8 nitrogen and oxygen atoms in total. The van der Waals surface area contributed by atoms with Gasteiger partial charge in [0.15, 0.2) is 0 Å². The van der Waals surface area contributed by atoms with Crippen LogP contribution in [0.15, 0.2) is 85.2 Å². The fourth-order valence-corrected chi connectivity index (χ4v) is 4.32. The van der Waals surface area contributed by atoms with Crippen LogP contribution in [-0.2, 0) is 0 Å². The number of aryl methyl sites for hydroxylation is 1. The smallest absolute Gasteiger partial charge is 0.269 e. The number of fused-ring (bicyclic) bond motifs is 1. The molecule has 5 rings (SSSR count). The highest BCUT2D eigenvalue weighted by molar-refractivity contribution is 6.06. The third kappa shape index (κ3) is 3.76. The maximum absolute atomic E-state index is 13.7. The number of nitro benzene ring substituents is 1. The maximum atomic E-state index is 13.7. The van der Waals surface area contributed by atoms with Crippen LogP contribution in [0.25, 0.3) is 0 Å². The van der Waals surface area contributed by atoms with Crippen molar-refractivity contribution in [3.8, 4) is 0 Å². The molecular formula is C25H21N5O3. The molecule has 0 N–H and O–H groups in total. The molecule has 3 aromatic carbocycles. The number of nitro groups is 1. The second-order valence-corrected chi connectivity index (χ2v) is 8.07. The first kappa shape index (κ1) is 20.6. The molecule has 1 aromatic heterocycles. The van der Waals surface area contributed by atoms with E-state index in [0.29, 0.717) is 17.9 Å². The Bertz CT molecular complexity index is 1300. The molecule has 1 amide bonds. The van der Waals surface area contributed by atoms with E-state index in [1.54, 1.807) is 9.58 Å². The third-order valence-electron chi connectivity index (χ3n) is 6.01. The topological polar surface area (TPSA) is 94.2 Å². The summed E-state index contributed by atoms with van der Waals surface area (Å²) in [4.78, 5) is 30.3. The van der Waals surface area contributed by atoms with Crippen molar-refractivity contribution in [3.63, 3.8) is 0 Å². The van der Waals surface area contributed by atoms with Crippen LogP contribution in [0, 0.1) is 17.0 Å². The molecule has 4 aromatic rings. The standard InChI is InChI=1S/C25H21N5O3/c1-17-7-9-19(10-8-17)23-15-22(18-5-3-2-4-6-18)28(25-26-16-27-29(23)25)24(31)20-11-13-21(14-12-20)30(32)33/h2-14,16,22-23H,15H2,1H3/t22-,23-/m1/s1. The van der Waals surface area contributed by atoms with E-state index in [9.17, 15) is 14.9 Å². The molecule has 1 aliphatic rings. The number of carbonyl (C=O) groups is 1. The van der Waals surface area contributed by atoms with Crippen LogP contribution in [-0.4, -0.2) is 25.6 Å². The molecular weight excluding hydrogens is 418 g/mol. The summed E-state index contributed by atoms with van der Waals surface area (Å²) in [7, 11) is 0. The minimum Gasteiger partial charge on any atom is -0.269 e. The Hall–Kier alpha value is -4.33. The van der Waals surface area contributed by atoms with E-state index in [1.807, 2.05) is 37.3 Å². The minimum absolute atomic E-state index is 0.0626. The molecule has 0 bridgehead atoms. The number of hydrogen-bond donors (Lipinski definition) is 0. The fraction of sp³-hybridized carbons (Fsp3) is 0.160. The highest BCUT2D eigenvalue weighted by Crippen LogP contribution is 2.42. The first-order valence-corrected chi connectivity index (χ1v) is 10.6. The molecule has 0 fully saturated rings. The van der Waals surface area contributed by atoms with Crippen LogP contribution in [0.5, 0.6) is 0 Å². The number of aromatic nitrogens is 3. The number of nitrogens with zero attached hydrogens (tertiary/aromatic N) is 5. The van der Waals surface area contributed by atoms with Crippen molar-refractivity contribution < 1.29 is 9.72 Å².